The highest BCUT2D eigenvalue weighted by molar-refractivity contribution is 5.80. The Labute approximate surface area is 298 Å². The maximum atomic E-state index is 13.6. The number of aromatic nitrogens is 1. The monoisotopic (exact) mass is 708 g/mol. The molecule has 0 saturated heterocycles. The number of amides is 1. The van der Waals surface area contributed by atoms with Crippen LogP contribution >= 0.6 is 0 Å². The number of ether oxygens (including phenoxy) is 1. The Morgan fingerprint density at radius 2 is 1.49 bits per heavy atom. The fraction of sp³-hybridized carbons (Fsp3) is 0.619. The molecule has 1 amide bonds. The van der Waals surface area contributed by atoms with Crippen molar-refractivity contribution < 1.29 is 31.1 Å². The molecular formula is C42H65BrN2O2. The standard InChI is InChI=1S/C42H64N2O2.BrH/c1-9-10-11-12-13-14-15-16-17-18-19-20-27-46-39-22-21-37(28-38(39)41(6,7)8)29-40(45)43-42(25-23-33(2)35(4)30-42)32-44-26-24-34(3)36(5)31-44;/h21-26,28,31H,9-20,27,29-30,32H2,1-8H3;1H. The van der Waals surface area contributed by atoms with Crippen LogP contribution in [0.25, 0.3) is 0 Å². The van der Waals surface area contributed by atoms with Gasteiger partial charge in [0.1, 0.15) is 11.3 Å². The Bertz CT molecular complexity index is 1320. The van der Waals surface area contributed by atoms with E-state index in [-0.39, 0.29) is 28.3 Å². The quantitative estimate of drug-likeness (QED) is 0.122. The molecule has 2 aromatic rings. The lowest BCUT2D eigenvalue weighted by Crippen LogP contribution is -3.00. The van der Waals surface area contributed by atoms with Gasteiger partial charge in [-0.05, 0) is 62.3 Å². The zero-order valence-corrected chi connectivity index (χ0v) is 32.7. The summed E-state index contributed by atoms with van der Waals surface area (Å²) in [7, 11) is 0. The first-order valence-electron chi connectivity index (χ1n) is 18.3. The van der Waals surface area contributed by atoms with Gasteiger partial charge in [-0.15, -0.1) is 0 Å². The van der Waals surface area contributed by atoms with E-state index >= 15 is 0 Å². The molecule has 1 aromatic carbocycles. The number of nitrogens with zero attached hydrogens (tertiary/aromatic N) is 1. The van der Waals surface area contributed by atoms with E-state index in [1.54, 1.807) is 0 Å². The fourth-order valence-corrected chi connectivity index (χ4v) is 6.52. The third-order valence-corrected chi connectivity index (χ3v) is 9.73. The largest absolute Gasteiger partial charge is 1.00 e. The number of carbonyl (C=O) groups excluding carboxylic acids is 1. The lowest BCUT2D eigenvalue weighted by Gasteiger charge is -2.33. The molecule has 262 valence electrons. The van der Waals surface area contributed by atoms with Crippen molar-refractivity contribution in [1.29, 1.82) is 0 Å². The number of allylic oxidation sites excluding steroid dienone is 2. The number of halogens is 1. The zero-order chi connectivity index (χ0) is 33.6. The van der Waals surface area contributed by atoms with Crippen LogP contribution < -0.4 is 31.6 Å². The maximum Gasteiger partial charge on any atom is 0.225 e. The minimum absolute atomic E-state index is 0. The molecule has 0 spiro atoms. The van der Waals surface area contributed by atoms with Gasteiger partial charge in [-0.3, -0.25) is 4.79 Å². The lowest BCUT2D eigenvalue weighted by molar-refractivity contribution is -0.703. The molecule has 0 saturated carbocycles. The first-order valence-corrected chi connectivity index (χ1v) is 18.3. The van der Waals surface area contributed by atoms with E-state index < -0.39 is 5.54 Å². The van der Waals surface area contributed by atoms with E-state index in [1.165, 1.54) is 98.5 Å². The number of carbonyl (C=O) groups is 1. The van der Waals surface area contributed by atoms with Gasteiger partial charge in [-0.1, -0.05) is 134 Å². The SMILES string of the molecule is CCCCCCCCCCCCCCOc1ccc(CC(=O)NC2(C[n+]3ccc(C)c(C)c3)C=CC(C)=C(C)C2)cc1C(C)(C)C.[Br-]. The molecule has 1 aliphatic carbocycles. The topological polar surface area (TPSA) is 42.2 Å². The van der Waals surface area contributed by atoms with Crippen molar-refractivity contribution in [3.8, 4) is 5.75 Å². The number of benzene rings is 1. The summed E-state index contributed by atoms with van der Waals surface area (Å²) in [5.41, 5.74) is 6.78. The molecule has 1 unspecified atom stereocenters. The molecular weight excluding hydrogens is 644 g/mol. The third-order valence-electron chi connectivity index (χ3n) is 9.73. The summed E-state index contributed by atoms with van der Waals surface area (Å²) in [6.45, 7) is 19.0. The van der Waals surface area contributed by atoms with Gasteiger partial charge in [-0.25, -0.2) is 4.57 Å². The highest BCUT2D eigenvalue weighted by Gasteiger charge is 2.36. The van der Waals surface area contributed by atoms with Gasteiger partial charge in [0.05, 0.1) is 13.0 Å². The van der Waals surface area contributed by atoms with Crippen LogP contribution in [0.2, 0.25) is 0 Å². The minimum Gasteiger partial charge on any atom is -1.00 e. The summed E-state index contributed by atoms with van der Waals surface area (Å²) >= 11 is 0. The van der Waals surface area contributed by atoms with E-state index in [2.05, 4.69) is 114 Å². The highest BCUT2D eigenvalue weighted by atomic mass is 79.9. The van der Waals surface area contributed by atoms with Gasteiger partial charge in [-0.2, -0.15) is 0 Å². The number of hydrogen-bond donors (Lipinski definition) is 1. The molecule has 3 rings (SSSR count). The zero-order valence-electron chi connectivity index (χ0n) is 31.1. The summed E-state index contributed by atoms with van der Waals surface area (Å²) in [4.78, 5) is 13.6. The summed E-state index contributed by atoms with van der Waals surface area (Å²) in [5, 5.41) is 3.46. The lowest BCUT2D eigenvalue weighted by atomic mass is 9.83. The Hall–Kier alpha value is -2.40. The summed E-state index contributed by atoms with van der Waals surface area (Å²) < 4.78 is 8.55. The number of rotatable bonds is 19. The Balaban J connectivity index is 0.00000768. The Kier molecular flexibility index (Phi) is 17.5. The minimum atomic E-state index is -0.461. The molecule has 47 heavy (non-hydrogen) atoms. The van der Waals surface area contributed by atoms with E-state index in [0.29, 0.717) is 13.0 Å². The Morgan fingerprint density at radius 1 is 0.872 bits per heavy atom. The molecule has 1 aliphatic rings. The molecule has 0 fully saturated rings. The predicted octanol–water partition coefficient (Wildman–Crippen LogP) is 7.37. The number of aryl methyl sites for hydroxylation is 2. The fourth-order valence-electron chi connectivity index (χ4n) is 6.52. The molecule has 5 heteroatoms. The summed E-state index contributed by atoms with van der Waals surface area (Å²) in [5.74, 6) is 1.00. The number of nitrogens with one attached hydrogen (secondary N) is 1. The van der Waals surface area contributed by atoms with Crippen molar-refractivity contribution in [2.75, 3.05) is 6.61 Å². The second-order valence-corrected chi connectivity index (χ2v) is 15.2. The van der Waals surface area contributed by atoms with Crippen LogP contribution in [0.4, 0.5) is 0 Å². The molecule has 1 aromatic heterocycles. The average Bonchev–Trinajstić information content (AvgIpc) is 2.99. The van der Waals surface area contributed by atoms with Gasteiger partial charge in [0.15, 0.2) is 18.9 Å². The van der Waals surface area contributed by atoms with E-state index in [4.69, 9.17) is 4.74 Å². The van der Waals surface area contributed by atoms with E-state index in [0.717, 1.165) is 30.8 Å². The van der Waals surface area contributed by atoms with Crippen LogP contribution in [0.5, 0.6) is 5.75 Å². The molecule has 0 aliphatic heterocycles. The predicted molar refractivity (Wildman–Crippen MR) is 195 cm³/mol. The Morgan fingerprint density at radius 3 is 2.06 bits per heavy atom. The smallest absolute Gasteiger partial charge is 0.225 e. The van der Waals surface area contributed by atoms with Crippen molar-refractivity contribution in [3.05, 3.63) is 82.2 Å². The van der Waals surface area contributed by atoms with Crippen LogP contribution in [-0.2, 0) is 23.2 Å². The van der Waals surface area contributed by atoms with Crippen molar-refractivity contribution in [1.82, 2.24) is 5.32 Å². The first-order chi connectivity index (χ1) is 21.9. The van der Waals surface area contributed by atoms with Gasteiger partial charge < -0.3 is 27.0 Å². The van der Waals surface area contributed by atoms with Gasteiger partial charge in [0.2, 0.25) is 5.91 Å². The van der Waals surface area contributed by atoms with Crippen LogP contribution in [0.1, 0.15) is 147 Å². The van der Waals surface area contributed by atoms with Gasteiger partial charge in [0, 0.05) is 18.1 Å². The second-order valence-electron chi connectivity index (χ2n) is 15.2. The first kappa shape index (κ1) is 40.8. The van der Waals surface area contributed by atoms with Crippen LogP contribution in [0.15, 0.2) is 60.0 Å². The van der Waals surface area contributed by atoms with Crippen LogP contribution in [0.3, 0.4) is 0 Å². The number of hydrogen-bond acceptors (Lipinski definition) is 2. The number of unbranched alkanes of at least 4 members (excludes halogenated alkanes) is 11. The summed E-state index contributed by atoms with van der Waals surface area (Å²) in [6.07, 6.45) is 25.9. The van der Waals surface area contributed by atoms with Gasteiger partial charge in [0.25, 0.3) is 0 Å². The normalized spacial score (nSPS) is 16.3. The molecule has 0 radical (unpaired) electrons. The molecule has 4 nitrogen and oxygen atoms in total. The second kappa shape index (κ2) is 20.2. The maximum absolute atomic E-state index is 13.6. The van der Waals surface area contributed by atoms with E-state index in [1.807, 2.05) is 0 Å². The van der Waals surface area contributed by atoms with Crippen molar-refractivity contribution in [2.45, 2.75) is 163 Å². The van der Waals surface area contributed by atoms with E-state index in [9.17, 15) is 4.79 Å². The molecule has 1 heterocycles. The summed E-state index contributed by atoms with van der Waals surface area (Å²) in [6, 6.07) is 8.50. The van der Waals surface area contributed by atoms with Crippen LogP contribution in [0, 0.1) is 13.8 Å². The van der Waals surface area contributed by atoms with Crippen LogP contribution in [-0.4, -0.2) is 18.1 Å². The number of pyridine rings is 1. The molecule has 1 N–H and O–H groups in total. The van der Waals surface area contributed by atoms with Crippen molar-refractivity contribution >= 4 is 5.91 Å². The van der Waals surface area contributed by atoms with Crippen molar-refractivity contribution in [2.24, 2.45) is 0 Å². The third kappa shape index (κ3) is 13.9. The molecule has 1 atom stereocenters. The van der Waals surface area contributed by atoms with Crippen molar-refractivity contribution in [3.63, 3.8) is 0 Å². The highest BCUT2D eigenvalue weighted by Crippen LogP contribution is 2.33. The average molecular weight is 710 g/mol. The van der Waals surface area contributed by atoms with Gasteiger partial charge >= 0.3 is 0 Å². The molecule has 0 bridgehead atoms.